The lowest BCUT2D eigenvalue weighted by molar-refractivity contribution is -0.115. The largest absolute Gasteiger partial charge is 0.326 e. The van der Waals surface area contributed by atoms with Crippen molar-refractivity contribution in [3.8, 4) is 0 Å². The summed E-state index contributed by atoms with van der Waals surface area (Å²) in [7, 11) is 0. The van der Waals surface area contributed by atoms with Crippen LogP contribution in [0, 0.1) is 0 Å². The van der Waals surface area contributed by atoms with Crippen LogP contribution >= 0.6 is 11.8 Å². The van der Waals surface area contributed by atoms with Crippen LogP contribution in [0.25, 0.3) is 0 Å². The summed E-state index contributed by atoms with van der Waals surface area (Å²) in [6.45, 7) is 4.35. The fourth-order valence-corrected chi connectivity index (χ4v) is 2.71. The van der Waals surface area contributed by atoms with Gasteiger partial charge in [0, 0.05) is 15.8 Å². The molecule has 2 nitrogen and oxygen atoms in total. The van der Waals surface area contributed by atoms with Crippen LogP contribution in [0.2, 0.25) is 0 Å². The lowest BCUT2D eigenvalue weighted by atomic mass is 10.1. The van der Waals surface area contributed by atoms with Crippen molar-refractivity contribution < 1.29 is 4.79 Å². The van der Waals surface area contributed by atoms with Gasteiger partial charge in [-0.2, -0.15) is 0 Å². The van der Waals surface area contributed by atoms with Crippen molar-refractivity contribution in [3.05, 3.63) is 60.2 Å². The first-order chi connectivity index (χ1) is 9.63. The van der Waals surface area contributed by atoms with Gasteiger partial charge in [-0.1, -0.05) is 44.2 Å². The average molecular weight is 285 g/mol. The molecule has 0 heterocycles. The lowest BCUT2D eigenvalue weighted by Gasteiger charge is -2.07. The van der Waals surface area contributed by atoms with E-state index in [1.54, 1.807) is 0 Å². The van der Waals surface area contributed by atoms with Gasteiger partial charge in [0.25, 0.3) is 0 Å². The first-order valence-corrected chi connectivity index (χ1v) is 7.62. The van der Waals surface area contributed by atoms with Crippen molar-refractivity contribution in [2.45, 2.75) is 30.4 Å². The number of rotatable bonds is 5. The molecule has 2 rings (SSSR count). The third-order valence-corrected chi connectivity index (χ3v) is 3.73. The van der Waals surface area contributed by atoms with Crippen LogP contribution < -0.4 is 5.32 Å². The minimum Gasteiger partial charge on any atom is -0.326 e. The van der Waals surface area contributed by atoms with Crippen LogP contribution in [0.15, 0.2) is 59.5 Å². The van der Waals surface area contributed by atoms with E-state index in [1.807, 2.05) is 54.2 Å². The number of benzene rings is 2. The zero-order chi connectivity index (χ0) is 14.4. The molecule has 0 saturated heterocycles. The summed E-state index contributed by atoms with van der Waals surface area (Å²) in [5, 5.41) is 3.46. The number of amides is 1. The molecule has 0 fully saturated rings. The average Bonchev–Trinajstić information content (AvgIpc) is 2.41. The van der Waals surface area contributed by atoms with Gasteiger partial charge < -0.3 is 5.32 Å². The SMILES string of the molecule is CC(C)Sc1ccc(CC(=O)Nc2ccccc2)cc1. The number of carbonyl (C=O) groups excluding carboxylic acids is 1. The van der Waals surface area contributed by atoms with Gasteiger partial charge in [-0.05, 0) is 29.8 Å². The quantitative estimate of drug-likeness (QED) is 0.827. The number of carbonyl (C=O) groups is 1. The predicted molar refractivity (Wildman–Crippen MR) is 86.2 cm³/mol. The molecular formula is C17H19NOS. The molecule has 0 aromatic heterocycles. The van der Waals surface area contributed by atoms with E-state index in [1.165, 1.54) is 4.90 Å². The molecule has 3 heteroatoms. The summed E-state index contributed by atoms with van der Waals surface area (Å²) < 4.78 is 0. The zero-order valence-electron chi connectivity index (χ0n) is 11.8. The van der Waals surface area contributed by atoms with Gasteiger partial charge in [0.05, 0.1) is 6.42 Å². The number of hydrogen-bond acceptors (Lipinski definition) is 2. The topological polar surface area (TPSA) is 29.1 Å². The van der Waals surface area contributed by atoms with E-state index in [2.05, 4.69) is 31.3 Å². The first-order valence-electron chi connectivity index (χ1n) is 6.74. The maximum Gasteiger partial charge on any atom is 0.228 e. The standard InChI is InChI=1S/C17H19NOS/c1-13(2)20-16-10-8-14(9-11-16)12-17(19)18-15-6-4-3-5-7-15/h3-11,13H,12H2,1-2H3,(H,18,19). The zero-order valence-corrected chi connectivity index (χ0v) is 12.6. The molecule has 104 valence electrons. The molecule has 0 spiro atoms. The molecule has 1 amide bonds. The third kappa shape index (κ3) is 4.74. The lowest BCUT2D eigenvalue weighted by Crippen LogP contribution is -2.14. The van der Waals surface area contributed by atoms with Gasteiger partial charge in [0.15, 0.2) is 0 Å². The number of anilines is 1. The molecular weight excluding hydrogens is 266 g/mol. The van der Waals surface area contributed by atoms with Crippen molar-refractivity contribution in [1.29, 1.82) is 0 Å². The number of hydrogen-bond donors (Lipinski definition) is 1. The number of para-hydroxylation sites is 1. The van der Waals surface area contributed by atoms with Crippen LogP contribution in [0.4, 0.5) is 5.69 Å². The Morgan fingerprint density at radius 3 is 2.30 bits per heavy atom. The van der Waals surface area contributed by atoms with E-state index in [9.17, 15) is 4.79 Å². The summed E-state index contributed by atoms with van der Waals surface area (Å²) in [6, 6.07) is 17.7. The molecule has 0 aliphatic carbocycles. The van der Waals surface area contributed by atoms with E-state index in [0.29, 0.717) is 11.7 Å². The number of nitrogens with one attached hydrogen (secondary N) is 1. The summed E-state index contributed by atoms with van der Waals surface area (Å²) >= 11 is 1.83. The maximum atomic E-state index is 11.9. The van der Waals surface area contributed by atoms with E-state index < -0.39 is 0 Å². The van der Waals surface area contributed by atoms with Crippen molar-refractivity contribution in [2.24, 2.45) is 0 Å². The van der Waals surface area contributed by atoms with Crippen molar-refractivity contribution in [1.82, 2.24) is 0 Å². The van der Waals surface area contributed by atoms with Crippen LogP contribution in [-0.2, 0) is 11.2 Å². The van der Waals surface area contributed by atoms with Gasteiger partial charge in [0.2, 0.25) is 5.91 Å². The van der Waals surface area contributed by atoms with E-state index in [-0.39, 0.29) is 5.91 Å². The van der Waals surface area contributed by atoms with E-state index >= 15 is 0 Å². The predicted octanol–water partition coefficient (Wildman–Crippen LogP) is 4.37. The summed E-state index contributed by atoms with van der Waals surface area (Å²) in [4.78, 5) is 13.2. The van der Waals surface area contributed by atoms with Crippen molar-refractivity contribution >= 4 is 23.4 Å². The molecule has 2 aromatic rings. The second-order valence-electron chi connectivity index (χ2n) is 4.90. The van der Waals surface area contributed by atoms with Crippen LogP contribution in [0.5, 0.6) is 0 Å². The fourth-order valence-electron chi connectivity index (χ4n) is 1.87. The van der Waals surface area contributed by atoms with Gasteiger partial charge in [-0.15, -0.1) is 11.8 Å². The molecule has 0 aliphatic rings. The summed E-state index contributed by atoms with van der Waals surface area (Å²) in [5.41, 5.74) is 1.87. The third-order valence-electron chi connectivity index (χ3n) is 2.72. The minimum atomic E-state index is 0.0143. The molecule has 0 saturated carbocycles. The molecule has 20 heavy (non-hydrogen) atoms. The Balaban J connectivity index is 1.91. The highest BCUT2D eigenvalue weighted by molar-refractivity contribution is 7.99. The van der Waals surface area contributed by atoms with E-state index in [4.69, 9.17) is 0 Å². The highest BCUT2D eigenvalue weighted by Gasteiger charge is 2.04. The second-order valence-corrected chi connectivity index (χ2v) is 6.55. The van der Waals surface area contributed by atoms with Crippen LogP contribution in [0.1, 0.15) is 19.4 Å². The maximum absolute atomic E-state index is 11.9. The highest BCUT2D eigenvalue weighted by atomic mass is 32.2. The monoisotopic (exact) mass is 285 g/mol. The molecule has 0 bridgehead atoms. The second kappa shape index (κ2) is 7.15. The molecule has 0 atom stereocenters. The van der Waals surface area contributed by atoms with Gasteiger partial charge in [-0.3, -0.25) is 4.79 Å². The van der Waals surface area contributed by atoms with Gasteiger partial charge in [-0.25, -0.2) is 0 Å². The Kier molecular flexibility index (Phi) is 5.24. The molecule has 0 unspecified atom stereocenters. The summed E-state index contributed by atoms with van der Waals surface area (Å²) in [5.74, 6) is 0.0143. The van der Waals surface area contributed by atoms with Crippen LogP contribution in [-0.4, -0.2) is 11.2 Å². The van der Waals surface area contributed by atoms with Gasteiger partial charge in [0.1, 0.15) is 0 Å². The Bertz CT molecular complexity index is 549. The fraction of sp³-hybridized carbons (Fsp3) is 0.235. The molecule has 0 aliphatic heterocycles. The minimum absolute atomic E-state index is 0.0143. The first kappa shape index (κ1) is 14.7. The summed E-state index contributed by atoms with van der Waals surface area (Å²) in [6.07, 6.45) is 0.404. The Morgan fingerprint density at radius 2 is 1.70 bits per heavy atom. The highest BCUT2D eigenvalue weighted by Crippen LogP contribution is 2.23. The Labute approximate surface area is 124 Å². The Morgan fingerprint density at radius 1 is 1.05 bits per heavy atom. The molecule has 1 N–H and O–H groups in total. The van der Waals surface area contributed by atoms with E-state index in [0.717, 1.165) is 11.3 Å². The number of thioether (sulfide) groups is 1. The van der Waals surface area contributed by atoms with Gasteiger partial charge >= 0.3 is 0 Å². The van der Waals surface area contributed by atoms with Crippen molar-refractivity contribution in [3.63, 3.8) is 0 Å². The Hall–Kier alpha value is -1.74. The van der Waals surface area contributed by atoms with Crippen molar-refractivity contribution in [2.75, 3.05) is 5.32 Å². The smallest absolute Gasteiger partial charge is 0.228 e. The molecule has 2 aromatic carbocycles. The van der Waals surface area contributed by atoms with Crippen LogP contribution in [0.3, 0.4) is 0 Å². The normalized spacial score (nSPS) is 10.6. The molecule has 0 radical (unpaired) electrons.